The average Bonchev–Trinajstić information content (AvgIpc) is 3.42. The fourth-order valence-electron chi connectivity index (χ4n) is 3.68. The highest BCUT2D eigenvalue weighted by Gasteiger charge is 2.33. The first-order valence-corrected chi connectivity index (χ1v) is 9.00. The van der Waals surface area contributed by atoms with Gasteiger partial charge in [-0.3, -0.25) is 4.79 Å². The molecule has 1 unspecified atom stereocenters. The number of carbonyl (C=O) groups excluding carboxylic acids is 1. The average molecular weight is 358 g/mol. The third kappa shape index (κ3) is 2.89. The van der Waals surface area contributed by atoms with E-state index in [4.69, 9.17) is 4.52 Å². The van der Waals surface area contributed by atoms with Crippen molar-refractivity contribution >= 4 is 16.8 Å². The number of hydrogen-bond donors (Lipinski definition) is 1. The number of amides is 1. The van der Waals surface area contributed by atoms with Crippen LogP contribution in [0.2, 0.25) is 0 Å². The van der Waals surface area contributed by atoms with Crippen molar-refractivity contribution in [2.75, 3.05) is 6.54 Å². The predicted octanol–water partition coefficient (Wildman–Crippen LogP) is 3.73. The molecule has 0 bridgehead atoms. The number of aromatic nitrogens is 3. The molecular weight excluding hydrogens is 340 g/mol. The zero-order valence-electron chi connectivity index (χ0n) is 14.6. The Morgan fingerprint density at radius 1 is 1.11 bits per heavy atom. The molecule has 1 atom stereocenters. The summed E-state index contributed by atoms with van der Waals surface area (Å²) in [6.07, 6.45) is 2.31. The second kappa shape index (κ2) is 6.39. The summed E-state index contributed by atoms with van der Waals surface area (Å²) in [5.74, 6) is 1.18. The minimum absolute atomic E-state index is 0.0378. The van der Waals surface area contributed by atoms with E-state index in [0.29, 0.717) is 31.2 Å². The number of nitrogens with zero attached hydrogens (tertiary/aromatic N) is 3. The topological polar surface area (TPSA) is 75.0 Å². The van der Waals surface area contributed by atoms with Crippen molar-refractivity contribution in [3.8, 4) is 11.5 Å². The van der Waals surface area contributed by atoms with Crippen LogP contribution >= 0.6 is 0 Å². The minimum atomic E-state index is -0.0378. The fraction of sp³-hybridized carbons (Fsp3) is 0.190. The van der Waals surface area contributed by atoms with Gasteiger partial charge in [0.2, 0.25) is 5.91 Å². The highest BCUT2D eigenvalue weighted by molar-refractivity contribution is 5.92. The normalized spacial score (nSPS) is 17.1. The van der Waals surface area contributed by atoms with E-state index in [1.54, 1.807) is 0 Å². The Kier molecular flexibility index (Phi) is 3.74. The molecule has 1 fully saturated rings. The summed E-state index contributed by atoms with van der Waals surface area (Å²) >= 11 is 0. The van der Waals surface area contributed by atoms with Gasteiger partial charge in [0.25, 0.3) is 5.89 Å². The van der Waals surface area contributed by atoms with Crippen molar-refractivity contribution in [2.24, 2.45) is 0 Å². The lowest BCUT2D eigenvalue weighted by Crippen LogP contribution is -2.24. The number of nitrogens with one attached hydrogen (secondary N) is 1. The fourth-order valence-corrected chi connectivity index (χ4v) is 3.68. The highest BCUT2D eigenvalue weighted by atomic mass is 16.5. The van der Waals surface area contributed by atoms with Gasteiger partial charge in [-0.15, -0.1) is 0 Å². The molecule has 6 nitrogen and oxygen atoms in total. The summed E-state index contributed by atoms with van der Waals surface area (Å²) in [6.45, 7) is 1.23. The molecule has 1 aliphatic heterocycles. The standard InChI is InChI=1S/C21H18N4O2/c26-19-11-15(13-25(19)12-14-5-2-1-3-6-14)20-23-21(27-24-20)17-7-4-8-18-16(17)9-10-22-18/h1-10,15,22H,11-13H2. The van der Waals surface area contributed by atoms with Crippen LogP contribution in [0.3, 0.4) is 0 Å². The Morgan fingerprint density at radius 3 is 2.89 bits per heavy atom. The van der Waals surface area contributed by atoms with Crippen molar-refractivity contribution in [1.82, 2.24) is 20.0 Å². The number of carbonyl (C=O) groups is 1. The molecule has 5 rings (SSSR count). The minimum Gasteiger partial charge on any atom is -0.361 e. The number of hydrogen-bond acceptors (Lipinski definition) is 4. The van der Waals surface area contributed by atoms with Gasteiger partial charge in [0, 0.05) is 48.1 Å². The van der Waals surface area contributed by atoms with E-state index < -0.39 is 0 Å². The number of H-pyrrole nitrogens is 1. The Bertz CT molecular complexity index is 1100. The molecule has 134 valence electrons. The number of aromatic amines is 1. The van der Waals surface area contributed by atoms with Crippen molar-refractivity contribution in [1.29, 1.82) is 0 Å². The Morgan fingerprint density at radius 2 is 2.00 bits per heavy atom. The first kappa shape index (κ1) is 15.8. The van der Waals surface area contributed by atoms with Gasteiger partial charge in [-0.1, -0.05) is 41.6 Å². The molecule has 1 amide bonds. The molecule has 3 heterocycles. The summed E-state index contributed by atoms with van der Waals surface area (Å²) < 4.78 is 5.52. The van der Waals surface area contributed by atoms with E-state index >= 15 is 0 Å². The molecule has 2 aromatic carbocycles. The lowest BCUT2D eigenvalue weighted by atomic mass is 10.1. The second-order valence-corrected chi connectivity index (χ2v) is 6.86. The number of fused-ring (bicyclic) bond motifs is 1. The largest absolute Gasteiger partial charge is 0.361 e. The first-order chi connectivity index (χ1) is 13.3. The SMILES string of the molecule is O=C1CC(c2noc(-c3cccc4[nH]ccc34)n2)CN1Cc1ccccc1. The summed E-state index contributed by atoms with van der Waals surface area (Å²) in [5.41, 5.74) is 3.05. The third-order valence-electron chi connectivity index (χ3n) is 5.06. The number of benzene rings is 2. The molecule has 0 radical (unpaired) electrons. The quantitative estimate of drug-likeness (QED) is 0.603. The molecule has 1 saturated heterocycles. The van der Waals surface area contributed by atoms with Crippen LogP contribution in [0.1, 0.15) is 23.7 Å². The van der Waals surface area contributed by atoms with Crippen LogP contribution < -0.4 is 0 Å². The maximum Gasteiger partial charge on any atom is 0.258 e. The lowest BCUT2D eigenvalue weighted by Gasteiger charge is -2.15. The molecular formula is C21H18N4O2. The van der Waals surface area contributed by atoms with Crippen LogP contribution in [-0.2, 0) is 11.3 Å². The predicted molar refractivity (Wildman–Crippen MR) is 101 cm³/mol. The van der Waals surface area contributed by atoms with Gasteiger partial charge in [0.15, 0.2) is 5.82 Å². The molecule has 2 aromatic heterocycles. The van der Waals surface area contributed by atoms with Crippen LogP contribution in [-0.4, -0.2) is 32.5 Å². The van der Waals surface area contributed by atoms with Crippen molar-refractivity contribution in [3.63, 3.8) is 0 Å². The van der Waals surface area contributed by atoms with Crippen molar-refractivity contribution in [3.05, 3.63) is 72.2 Å². The van der Waals surface area contributed by atoms with E-state index in [0.717, 1.165) is 22.0 Å². The van der Waals surface area contributed by atoms with Gasteiger partial charge in [0.1, 0.15) is 0 Å². The number of rotatable bonds is 4. The summed E-state index contributed by atoms with van der Waals surface area (Å²) in [4.78, 5) is 22.1. The van der Waals surface area contributed by atoms with E-state index in [2.05, 4.69) is 15.1 Å². The van der Waals surface area contributed by atoms with E-state index in [-0.39, 0.29) is 11.8 Å². The molecule has 0 spiro atoms. The molecule has 27 heavy (non-hydrogen) atoms. The molecule has 6 heteroatoms. The van der Waals surface area contributed by atoms with Gasteiger partial charge in [-0.2, -0.15) is 4.98 Å². The number of likely N-dealkylation sites (tertiary alicyclic amines) is 1. The second-order valence-electron chi connectivity index (χ2n) is 6.86. The molecule has 1 N–H and O–H groups in total. The smallest absolute Gasteiger partial charge is 0.258 e. The van der Waals surface area contributed by atoms with Gasteiger partial charge in [0.05, 0.1) is 0 Å². The van der Waals surface area contributed by atoms with Crippen LogP contribution in [0, 0.1) is 0 Å². The monoisotopic (exact) mass is 358 g/mol. The Balaban J connectivity index is 1.37. The summed E-state index contributed by atoms with van der Waals surface area (Å²) in [5, 5.41) is 5.21. The molecule has 1 aliphatic rings. The van der Waals surface area contributed by atoms with Crippen LogP contribution in [0.4, 0.5) is 0 Å². The van der Waals surface area contributed by atoms with Crippen molar-refractivity contribution in [2.45, 2.75) is 18.9 Å². The van der Waals surface area contributed by atoms with Crippen LogP contribution in [0.25, 0.3) is 22.4 Å². The molecule has 0 saturated carbocycles. The van der Waals surface area contributed by atoms with Gasteiger partial charge in [-0.05, 0) is 23.8 Å². The Labute approximate surface area is 155 Å². The lowest BCUT2D eigenvalue weighted by molar-refractivity contribution is -0.128. The molecule has 0 aliphatic carbocycles. The van der Waals surface area contributed by atoms with E-state index in [1.165, 1.54) is 0 Å². The maximum absolute atomic E-state index is 12.4. The van der Waals surface area contributed by atoms with Gasteiger partial charge < -0.3 is 14.4 Å². The van der Waals surface area contributed by atoms with Crippen LogP contribution in [0.5, 0.6) is 0 Å². The summed E-state index contributed by atoms with van der Waals surface area (Å²) in [6, 6.07) is 17.9. The van der Waals surface area contributed by atoms with Gasteiger partial charge >= 0.3 is 0 Å². The molecule has 4 aromatic rings. The summed E-state index contributed by atoms with van der Waals surface area (Å²) in [7, 11) is 0. The van der Waals surface area contributed by atoms with E-state index in [1.807, 2.05) is 65.7 Å². The maximum atomic E-state index is 12.4. The third-order valence-corrected chi connectivity index (χ3v) is 5.06. The zero-order chi connectivity index (χ0) is 18.2. The van der Waals surface area contributed by atoms with E-state index in [9.17, 15) is 4.79 Å². The van der Waals surface area contributed by atoms with Gasteiger partial charge in [-0.25, -0.2) is 0 Å². The zero-order valence-corrected chi connectivity index (χ0v) is 14.6. The first-order valence-electron chi connectivity index (χ1n) is 9.00. The van der Waals surface area contributed by atoms with Crippen LogP contribution in [0.15, 0.2) is 65.3 Å². The Hall–Kier alpha value is -3.41. The highest BCUT2D eigenvalue weighted by Crippen LogP contribution is 2.31. The van der Waals surface area contributed by atoms with Crippen molar-refractivity contribution < 1.29 is 9.32 Å².